The number of nitrogens with zero attached hydrogens (tertiary/aromatic N) is 1. The zero-order chi connectivity index (χ0) is 17.1. The number of piperidine rings is 1. The molecular weight excluding hydrogens is 308 g/mol. The highest BCUT2D eigenvalue weighted by Crippen LogP contribution is 2.27. The molecule has 0 saturated carbocycles. The molecule has 4 rings (SSSR count). The molecule has 1 saturated heterocycles. The number of hydrogen-bond donors (Lipinski definition) is 1. The van der Waals surface area contributed by atoms with Crippen LogP contribution in [-0.4, -0.2) is 29.5 Å². The maximum absolute atomic E-state index is 11.5. The molecule has 3 aromatic rings. The van der Waals surface area contributed by atoms with Crippen LogP contribution < -0.4 is 5.56 Å². The predicted molar refractivity (Wildman–Crippen MR) is 103 cm³/mol. The fraction of sp³-hybridized carbons (Fsp3) is 0.318. The molecule has 1 aromatic heterocycles. The van der Waals surface area contributed by atoms with Crippen LogP contribution in [0.2, 0.25) is 0 Å². The van der Waals surface area contributed by atoms with Gasteiger partial charge in [-0.1, -0.05) is 42.5 Å². The highest BCUT2D eigenvalue weighted by molar-refractivity contribution is 5.85. The first-order valence-electron chi connectivity index (χ1n) is 9.17. The van der Waals surface area contributed by atoms with Gasteiger partial charge in [0.15, 0.2) is 0 Å². The number of hydrogen-bond acceptors (Lipinski definition) is 2. The van der Waals surface area contributed by atoms with Gasteiger partial charge in [-0.05, 0) is 66.2 Å². The van der Waals surface area contributed by atoms with Gasteiger partial charge in [0.05, 0.1) is 0 Å². The van der Waals surface area contributed by atoms with Crippen LogP contribution in [0.15, 0.2) is 65.6 Å². The second kappa shape index (κ2) is 7.24. The Morgan fingerprint density at radius 2 is 1.80 bits per heavy atom. The van der Waals surface area contributed by atoms with Crippen LogP contribution in [-0.2, 0) is 6.42 Å². The quantitative estimate of drug-likeness (QED) is 0.785. The number of nitrogens with one attached hydrogen (secondary N) is 1. The molecule has 0 atom stereocenters. The lowest BCUT2D eigenvalue weighted by Gasteiger charge is -2.32. The molecule has 2 aromatic carbocycles. The molecule has 2 heterocycles. The molecular formula is C22H24N2O. The molecule has 3 nitrogen and oxygen atoms in total. The number of fused-ring (bicyclic) bond motifs is 1. The Kier molecular flexibility index (Phi) is 4.66. The van der Waals surface area contributed by atoms with E-state index in [1.165, 1.54) is 21.9 Å². The van der Waals surface area contributed by atoms with Crippen LogP contribution >= 0.6 is 0 Å². The van der Waals surface area contributed by atoms with E-state index in [1.54, 1.807) is 12.3 Å². The standard InChI is InChI=1S/C22H24N2O/c25-22-16-20(8-12-23-22)17-9-13-24(14-10-17)15-11-19-6-3-5-18-4-1-2-7-21(18)19/h1-8,12,16-17H,9-11,13-15H2,(H,23,25). The average molecular weight is 332 g/mol. The minimum Gasteiger partial charge on any atom is -0.329 e. The average Bonchev–Trinajstić information content (AvgIpc) is 2.67. The first kappa shape index (κ1) is 16.1. The van der Waals surface area contributed by atoms with Crippen molar-refractivity contribution in [3.8, 4) is 0 Å². The molecule has 25 heavy (non-hydrogen) atoms. The third kappa shape index (κ3) is 3.67. The van der Waals surface area contributed by atoms with Gasteiger partial charge in [0.25, 0.3) is 0 Å². The maximum Gasteiger partial charge on any atom is 0.248 e. The van der Waals surface area contributed by atoms with Crippen LogP contribution in [0.5, 0.6) is 0 Å². The van der Waals surface area contributed by atoms with Gasteiger partial charge < -0.3 is 9.88 Å². The number of benzene rings is 2. The van der Waals surface area contributed by atoms with Crippen molar-refractivity contribution in [3.63, 3.8) is 0 Å². The zero-order valence-corrected chi connectivity index (χ0v) is 14.4. The van der Waals surface area contributed by atoms with Gasteiger partial charge in [-0.3, -0.25) is 4.79 Å². The second-order valence-corrected chi connectivity index (χ2v) is 6.99. The Balaban J connectivity index is 1.36. The van der Waals surface area contributed by atoms with Crippen molar-refractivity contribution in [3.05, 3.63) is 82.3 Å². The van der Waals surface area contributed by atoms with Crippen molar-refractivity contribution in [2.45, 2.75) is 25.2 Å². The second-order valence-electron chi connectivity index (χ2n) is 6.99. The van der Waals surface area contributed by atoms with Gasteiger partial charge in [0.1, 0.15) is 0 Å². The Morgan fingerprint density at radius 3 is 2.64 bits per heavy atom. The minimum atomic E-state index is 0.0101. The van der Waals surface area contributed by atoms with E-state index in [1.807, 2.05) is 0 Å². The van der Waals surface area contributed by atoms with Gasteiger partial charge in [-0.25, -0.2) is 0 Å². The van der Waals surface area contributed by atoms with Crippen molar-refractivity contribution < 1.29 is 0 Å². The van der Waals surface area contributed by atoms with Crippen molar-refractivity contribution in [1.82, 2.24) is 9.88 Å². The summed E-state index contributed by atoms with van der Waals surface area (Å²) in [5.74, 6) is 0.524. The van der Waals surface area contributed by atoms with E-state index in [9.17, 15) is 4.79 Å². The van der Waals surface area contributed by atoms with E-state index in [4.69, 9.17) is 0 Å². The summed E-state index contributed by atoms with van der Waals surface area (Å²) < 4.78 is 0. The predicted octanol–water partition coefficient (Wildman–Crippen LogP) is 3.95. The fourth-order valence-corrected chi connectivity index (χ4v) is 3.99. The monoisotopic (exact) mass is 332 g/mol. The largest absolute Gasteiger partial charge is 0.329 e. The number of pyridine rings is 1. The smallest absolute Gasteiger partial charge is 0.248 e. The van der Waals surface area contributed by atoms with Crippen LogP contribution in [0, 0.1) is 0 Å². The van der Waals surface area contributed by atoms with E-state index in [2.05, 4.69) is 58.4 Å². The Morgan fingerprint density at radius 1 is 1.00 bits per heavy atom. The molecule has 128 valence electrons. The van der Waals surface area contributed by atoms with E-state index in [0.717, 1.165) is 38.9 Å². The SMILES string of the molecule is O=c1cc(C2CCN(CCc3cccc4ccccc34)CC2)cc[nH]1. The van der Waals surface area contributed by atoms with E-state index in [-0.39, 0.29) is 5.56 Å². The summed E-state index contributed by atoms with van der Waals surface area (Å²) in [4.78, 5) is 16.8. The highest BCUT2D eigenvalue weighted by atomic mass is 16.1. The lowest BCUT2D eigenvalue weighted by Crippen LogP contribution is -2.34. The lowest BCUT2D eigenvalue weighted by atomic mass is 9.90. The molecule has 0 spiro atoms. The number of aromatic amines is 1. The zero-order valence-electron chi connectivity index (χ0n) is 14.4. The fourth-order valence-electron chi connectivity index (χ4n) is 3.99. The van der Waals surface area contributed by atoms with Crippen molar-refractivity contribution in [1.29, 1.82) is 0 Å². The molecule has 1 aliphatic rings. The highest BCUT2D eigenvalue weighted by Gasteiger charge is 2.20. The van der Waals surface area contributed by atoms with Crippen LogP contribution in [0.4, 0.5) is 0 Å². The van der Waals surface area contributed by atoms with Crippen molar-refractivity contribution in [2.24, 2.45) is 0 Å². The molecule has 1 aliphatic heterocycles. The van der Waals surface area contributed by atoms with E-state index < -0.39 is 0 Å². The van der Waals surface area contributed by atoms with Crippen molar-refractivity contribution >= 4 is 10.8 Å². The van der Waals surface area contributed by atoms with Gasteiger partial charge in [0.2, 0.25) is 5.56 Å². The first-order chi connectivity index (χ1) is 12.3. The summed E-state index contributed by atoms with van der Waals surface area (Å²) in [6.45, 7) is 3.33. The van der Waals surface area contributed by atoms with Gasteiger partial charge in [-0.2, -0.15) is 0 Å². The van der Waals surface area contributed by atoms with Gasteiger partial charge in [-0.15, -0.1) is 0 Å². The summed E-state index contributed by atoms with van der Waals surface area (Å²) in [5, 5.41) is 2.71. The molecule has 1 N–H and O–H groups in total. The molecule has 1 fully saturated rings. The number of likely N-dealkylation sites (tertiary alicyclic amines) is 1. The summed E-state index contributed by atoms with van der Waals surface area (Å²) in [5.41, 5.74) is 2.64. The number of aromatic nitrogens is 1. The molecule has 0 unspecified atom stereocenters. The van der Waals surface area contributed by atoms with E-state index in [0.29, 0.717) is 5.92 Å². The third-order valence-corrected chi connectivity index (χ3v) is 5.44. The summed E-state index contributed by atoms with van der Waals surface area (Å²) in [6, 6.07) is 19.1. The Bertz CT molecular complexity index is 902. The first-order valence-corrected chi connectivity index (χ1v) is 9.17. The Labute approximate surface area is 148 Å². The Hall–Kier alpha value is -2.39. The summed E-state index contributed by atoms with van der Waals surface area (Å²) in [6.07, 6.45) is 5.14. The summed E-state index contributed by atoms with van der Waals surface area (Å²) in [7, 11) is 0. The molecule has 0 radical (unpaired) electrons. The lowest BCUT2D eigenvalue weighted by molar-refractivity contribution is 0.215. The van der Waals surface area contributed by atoms with Crippen LogP contribution in [0.25, 0.3) is 10.8 Å². The molecule has 3 heteroatoms. The topological polar surface area (TPSA) is 36.1 Å². The van der Waals surface area contributed by atoms with Crippen LogP contribution in [0.1, 0.15) is 29.9 Å². The minimum absolute atomic E-state index is 0.0101. The van der Waals surface area contributed by atoms with Gasteiger partial charge >= 0.3 is 0 Å². The molecule has 0 amide bonds. The normalized spacial score (nSPS) is 16.3. The van der Waals surface area contributed by atoms with Crippen LogP contribution in [0.3, 0.4) is 0 Å². The molecule has 0 aliphatic carbocycles. The van der Waals surface area contributed by atoms with Gasteiger partial charge in [0, 0.05) is 18.8 Å². The van der Waals surface area contributed by atoms with Crippen molar-refractivity contribution in [2.75, 3.05) is 19.6 Å². The molecule has 0 bridgehead atoms. The number of H-pyrrole nitrogens is 1. The third-order valence-electron chi connectivity index (χ3n) is 5.44. The number of rotatable bonds is 4. The van der Waals surface area contributed by atoms with E-state index >= 15 is 0 Å². The summed E-state index contributed by atoms with van der Waals surface area (Å²) >= 11 is 0. The maximum atomic E-state index is 11.5.